The van der Waals surface area contributed by atoms with Crippen molar-refractivity contribution in [2.45, 2.75) is 45.8 Å². The fourth-order valence-electron chi connectivity index (χ4n) is 1.74. The number of ether oxygens (including phenoxy) is 2. The van der Waals surface area contributed by atoms with Crippen LogP contribution in [0.25, 0.3) is 0 Å². The van der Waals surface area contributed by atoms with Crippen molar-refractivity contribution in [2.24, 2.45) is 5.10 Å². The number of rotatable bonds is 4. The zero-order chi connectivity index (χ0) is 18.5. The molecule has 1 amide bonds. The molecule has 0 fully saturated rings. The number of carbonyl (C=O) groups excluding carboxylic acids is 1. The summed E-state index contributed by atoms with van der Waals surface area (Å²) >= 11 is 11.9. The van der Waals surface area contributed by atoms with Crippen LogP contribution in [-0.2, 0) is 15.1 Å². The van der Waals surface area contributed by atoms with Crippen LogP contribution in [-0.4, -0.2) is 29.3 Å². The molecule has 134 valence electrons. The van der Waals surface area contributed by atoms with Crippen molar-refractivity contribution in [2.75, 3.05) is 6.61 Å². The molecule has 1 aromatic carbocycles. The largest absolute Gasteiger partial charge is 0.478 e. The molecule has 0 bridgehead atoms. The van der Waals surface area contributed by atoms with Gasteiger partial charge in [0.15, 0.2) is 5.60 Å². The van der Waals surface area contributed by atoms with Gasteiger partial charge in [-0.05, 0) is 52.3 Å². The molecule has 1 rings (SSSR count). The van der Waals surface area contributed by atoms with Crippen molar-refractivity contribution < 1.29 is 19.4 Å². The van der Waals surface area contributed by atoms with E-state index in [1.54, 1.807) is 39.8 Å². The van der Waals surface area contributed by atoms with Crippen molar-refractivity contribution >= 4 is 35.2 Å². The molecule has 0 aliphatic rings. The first-order valence-corrected chi connectivity index (χ1v) is 8.11. The predicted molar refractivity (Wildman–Crippen MR) is 94.5 cm³/mol. The molecule has 1 unspecified atom stereocenters. The second-order valence-corrected chi connectivity index (χ2v) is 6.98. The Labute approximate surface area is 151 Å². The van der Waals surface area contributed by atoms with Gasteiger partial charge in [-0.15, -0.1) is 5.10 Å². The summed E-state index contributed by atoms with van der Waals surface area (Å²) in [6.45, 7) is 8.63. The number of hydrazone groups is 1. The molecule has 0 aliphatic carbocycles. The van der Waals surface area contributed by atoms with Crippen LogP contribution >= 0.6 is 23.2 Å². The van der Waals surface area contributed by atoms with Crippen LogP contribution in [0.1, 0.15) is 40.2 Å². The predicted octanol–water partition coefficient (Wildman–Crippen LogP) is 4.08. The van der Waals surface area contributed by atoms with E-state index in [2.05, 4.69) is 10.5 Å². The highest BCUT2D eigenvalue weighted by atomic mass is 35.5. The van der Waals surface area contributed by atoms with Crippen LogP contribution in [0.2, 0.25) is 10.0 Å². The Kier molecular flexibility index (Phi) is 6.89. The van der Waals surface area contributed by atoms with Crippen LogP contribution in [0.3, 0.4) is 0 Å². The van der Waals surface area contributed by atoms with Crippen LogP contribution in [0.5, 0.6) is 0 Å². The van der Waals surface area contributed by atoms with E-state index < -0.39 is 17.3 Å². The van der Waals surface area contributed by atoms with Gasteiger partial charge >= 0.3 is 6.09 Å². The maximum absolute atomic E-state index is 11.7. The molecule has 6 nitrogen and oxygen atoms in total. The van der Waals surface area contributed by atoms with Crippen molar-refractivity contribution in [1.82, 2.24) is 5.43 Å². The molecular weight excluding hydrogens is 355 g/mol. The Bertz CT molecular complexity index is 625. The highest BCUT2D eigenvalue weighted by Crippen LogP contribution is 2.30. The third kappa shape index (κ3) is 5.85. The molecule has 0 saturated heterocycles. The second-order valence-electron chi connectivity index (χ2n) is 6.16. The smallest absolute Gasteiger partial charge is 0.428 e. The molecule has 1 aromatic rings. The van der Waals surface area contributed by atoms with Crippen molar-refractivity contribution in [3.05, 3.63) is 33.8 Å². The van der Waals surface area contributed by atoms with Gasteiger partial charge in [-0.25, -0.2) is 10.2 Å². The number of hydrogen-bond donors (Lipinski definition) is 2. The molecule has 0 radical (unpaired) electrons. The minimum atomic E-state index is -1.63. The monoisotopic (exact) mass is 376 g/mol. The standard InChI is InChI=1S/C16H22Cl2N2O4/c1-6-23-13(19-20-14(21)24-15(2,3)4)16(5,22)10-7-8-11(17)12(18)9-10/h7-9,22H,6H2,1-5H3,(H,20,21)/b19-13-. The summed E-state index contributed by atoms with van der Waals surface area (Å²) in [5, 5.41) is 15.3. The van der Waals surface area contributed by atoms with E-state index in [1.165, 1.54) is 13.0 Å². The summed E-state index contributed by atoms with van der Waals surface area (Å²) in [5.41, 5.74) is 0.326. The summed E-state index contributed by atoms with van der Waals surface area (Å²) in [6.07, 6.45) is -0.760. The fourth-order valence-corrected chi connectivity index (χ4v) is 2.04. The average Bonchev–Trinajstić information content (AvgIpc) is 2.44. The summed E-state index contributed by atoms with van der Waals surface area (Å²) in [5.74, 6) is -0.103. The maximum atomic E-state index is 11.7. The first kappa shape index (κ1) is 20.5. The molecule has 2 N–H and O–H groups in total. The number of benzene rings is 1. The normalized spacial score (nSPS) is 14.8. The van der Waals surface area contributed by atoms with Gasteiger partial charge in [0, 0.05) is 0 Å². The van der Waals surface area contributed by atoms with Gasteiger partial charge < -0.3 is 14.6 Å². The number of aliphatic hydroxyl groups is 1. The van der Waals surface area contributed by atoms with Gasteiger partial charge in [0.1, 0.15) is 5.60 Å². The van der Waals surface area contributed by atoms with E-state index in [9.17, 15) is 9.90 Å². The third-order valence-corrected chi connectivity index (χ3v) is 3.57. The van der Waals surface area contributed by atoms with E-state index in [-0.39, 0.29) is 17.5 Å². The van der Waals surface area contributed by atoms with E-state index in [0.717, 1.165) is 0 Å². The van der Waals surface area contributed by atoms with Crippen molar-refractivity contribution in [1.29, 1.82) is 0 Å². The maximum Gasteiger partial charge on any atom is 0.428 e. The van der Waals surface area contributed by atoms with Gasteiger partial charge in [-0.2, -0.15) is 0 Å². The van der Waals surface area contributed by atoms with Gasteiger partial charge in [0.2, 0.25) is 5.90 Å². The molecular formula is C16H22Cl2N2O4. The van der Waals surface area contributed by atoms with Gasteiger partial charge in [0.25, 0.3) is 0 Å². The lowest BCUT2D eigenvalue weighted by Gasteiger charge is -2.25. The van der Waals surface area contributed by atoms with E-state index in [0.29, 0.717) is 10.6 Å². The van der Waals surface area contributed by atoms with Crippen LogP contribution in [0.4, 0.5) is 4.79 Å². The van der Waals surface area contributed by atoms with Crippen LogP contribution < -0.4 is 5.43 Å². The van der Waals surface area contributed by atoms with Crippen LogP contribution in [0, 0.1) is 0 Å². The topological polar surface area (TPSA) is 80.2 Å². The van der Waals surface area contributed by atoms with Gasteiger partial charge in [0.05, 0.1) is 16.7 Å². The summed E-state index contributed by atoms with van der Waals surface area (Å²) < 4.78 is 10.5. The lowest BCUT2D eigenvalue weighted by Crippen LogP contribution is -2.37. The average molecular weight is 377 g/mol. The molecule has 0 aliphatic heterocycles. The second kappa shape index (κ2) is 8.05. The lowest BCUT2D eigenvalue weighted by molar-refractivity contribution is 0.0518. The van der Waals surface area contributed by atoms with Gasteiger partial charge in [-0.3, -0.25) is 0 Å². The lowest BCUT2D eigenvalue weighted by atomic mass is 9.96. The quantitative estimate of drug-likeness (QED) is 0.471. The summed E-state index contributed by atoms with van der Waals surface area (Å²) in [6, 6.07) is 4.65. The first-order chi connectivity index (χ1) is 11.0. The van der Waals surface area contributed by atoms with Crippen molar-refractivity contribution in [3.8, 4) is 0 Å². The van der Waals surface area contributed by atoms with E-state index in [4.69, 9.17) is 32.7 Å². The number of nitrogens with zero attached hydrogens (tertiary/aromatic N) is 1. The first-order valence-electron chi connectivity index (χ1n) is 7.35. The number of amides is 1. The molecule has 24 heavy (non-hydrogen) atoms. The Morgan fingerprint density at radius 3 is 2.38 bits per heavy atom. The summed E-state index contributed by atoms with van der Waals surface area (Å²) in [7, 11) is 0. The highest BCUT2D eigenvalue weighted by Gasteiger charge is 2.33. The van der Waals surface area contributed by atoms with Gasteiger partial charge in [-0.1, -0.05) is 29.3 Å². The molecule has 8 heteroatoms. The minimum Gasteiger partial charge on any atom is -0.478 e. The minimum absolute atomic E-state index is 0.103. The Balaban J connectivity index is 3.05. The number of nitrogens with one attached hydrogen (secondary N) is 1. The van der Waals surface area contributed by atoms with E-state index >= 15 is 0 Å². The molecule has 0 saturated carbocycles. The number of carbonyl (C=O) groups is 1. The molecule has 0 heterocycles. The number of halogens is 2. The Morgan fingerprint density at radius 2 is 1.88 bits per heavy atom. The van der Waals surface area contributed by atoms with Crippen LogP contribution in [0.15, 0.2) is 23.3 Å². The third-order valence-electron chi connectivity index (χ3n) is 2.83. The highest BCUT2D eigenvalue weighted by molar-refractivity contribution is 6.42. The number of hydrogen-bond acceptors (Lipinski definition) is 5. The Hall–Kier alpha value is -1.50. The fraction of sp³-hybridized carbons (Fsp3) is 0.500. The van der Waals surface area contributed by atoms with Crippen molar-refractivity contribution in [3.63, 3.8) is 0 Å². The zero-order valence-electron chi connectivity index (χ0n) is 14.3. The molecule has 0 spiro atoms. The molecule has 0 aromatic heterocycles. The summed E-state index contributed by atoms with van der Waals surface area (Å²) in [4.78, 5) is 11.7. The molecule has 1 atom stereocenters. The Morgan fingerprint density at radius 1 is 1.25 bits per heavy atom. The van der Waals surface area contributed by atoms with E-state index in [1.807, 2.05) is 0 Å². The SMILES string of the molecule is CCO/C(=N\NC(=O)OC(C)(C)C)C(C)(O)c1ccc(Cl)c(Cl)c1. The zero-order valence-corrected chi connectivity index (χ0v) is 15.8.